The highest BCUT2D eigenvalue weighted by molar-refractivity contribution is 7.86. The molecule has 0 aromatic heterocycles. The van der Waals surface area contributed by atoms with E-state index in [-0.39, 0.29) is 112 Å². The second-order valence-electron chi connectivity index (χ2n) is 29.7. The van der Waals surface area contributed by atoms with E-state index >= 15 is 0 Å². The van der Waals surface area contributed by atoms with Crippen LogP contribution >= 0.6 is 25.6 Å². The number of thiol groups is 2. The molecule has 126 heavy (non-hydrogen) atoms. The van der Waals surface area contributed by atoms with Crippen LogP contribution in [0.5, 0.6) is 0 Å². The topological polar surface area (TPSA) is 674 Å². The first-order valence-electron chi connectivity index (χ1n) is 41.6. The Morgan fingerprint density at radius 1 is 0.437 bits per heavy atom. The van der Waals surface area contributed by atoms with Gasteiger partial charge in [0.05, 0.1) is 78.7 Å². The monoisotopic (exact) mass is 1890 g/mol. The number of hydrogen-bond acceptors (Lipinski definition) is 35. The van der Waals surface area contributed by atoms with Crippen LogP contribution in [-0.2, 0) is 102 Å². The molecule has 14 N–H and O–H groups in total. The van der Waals surface area contributed by atoms with Gasteiger partial charge in [-0.2, -0.15) is 0 Å². The predicted molar refractivity (Wildman–Crippen MR) is 465 cm³/mol. The third kappa shape index (κ3) is 65.4. The van der Waals surface area contributed by atoms with E-state index in [9.17, 15) is 111 Å². The van der Waals surface area contributed by atoms with Gasteiger partial charge in [-0.3, -0.25) is 76.9 Å². The summed E-state index contributed by atoms with van der Waals surface area (Å²) in [6.07, 6.45) is 16.4. The first kappa shape index (κ1) is 122. The molecular formula is C81H131N8O32S5-3. The second-order valence-corrected chi connectivity index (χ2v) is 34.4. The smallest absolute Gasteiger partial charge is 0.342 e. The average molecular weight is 1890 g/mol. The predicted octanol–water partition coefficient (Wildman–Crippen LogP) is 5.84. The summed E-state index contributed by atoms with van der Waals surface area (Å²) < 4.78 is 97.8. The lowest BCUT2D eigenvalue weighted by Gasteiger charge is -2.26. The molecule has 7 atom stereocenters. The van der Waals surface area contributed by atoms with Gasteiger partial charge in [-0.25, -0.2) is 30.0 Å². The van der Waals surface area contributed by atoms with Crippen molar-refractivity contribution in [3.05, 3.63) is 71.8 Å². The maximum Gasteiger partial charge on any atom is 0.342 e. The molecule has 45 heteroatoms. The maximum atomic E-state index is 12.8. The fraction of sp³-hybridized carbons (Fsp3) is 0.667. The van der Waals surface area contributed by atoms with E-state index < -0.39 is 131 Å². The van der Waals surface area contributed by atoms with E-state index in [1.807, 2.05) is 48.8 Å². The largest absolute Gasteiger partial charge is 0.748 e. The fourth-order valence-corrected chi connectivity index (χ4v) is 14.3. The number of Topliss-reactive ketones (excluding diaryl/α,β-unsaturated/α-hetero) is 6. The van der Waals surface area contributed by atoms with E-state index in [0.29, 0.717) is 139 Å². The Morgan fingerprint density at radius 2 is 0.762 bits per heavy atom. The molecule has 1 saturated carbocycles. The van der Waals surface area contributed by atoms with E-state index in [1.165, 1.54) is 0 Å². The molecule has 0 bridgehead atoms. The number of hydrogen-bond donors (Lipinski definition) is 14. The van der Waals surface area contributed by atoms with Crippen molar-refractivity contribution in [2.45, 2.75) is 270 Å². The van der Waals surface area contributed by atoms with E-state index in [4.69, 9.17) is 42.1 Å². The Morgan fingerprint density at radius 3 is 1.10 bits per heavy atom. The molecule has 0 spiro atoms. The minimum atomic E-state index is -4.78. The number of carboxylic acids is 5. The number of carbonyl (C=O) groups is 15. The van der Waals surface area contributed by atoms with Gasteiger partial charge in [0.1, 0.15) is 23.9 Å². The number of amides is 2. The molecule has 1 aliphatic carbocycles. The highest BCUT2D eigenvalue weighted by Crippen LogP contribution is 2.26. The Kier molecular flexibility index (Phi) is 69.4. The Balaban J connectivity index is -0.00000146. The number of carboxylic acid groups (broad SMARTS) is 5. The SMILES string of the molecule is CCC(C)C(=O)CCCCCC(=O)O.CCC(C)C(=O)ONS.CO.NC(CS(=O)(=O)[O-])C(=O)CCCCCC(=O)O.NCCCCC(=O)O.O=C(CN1CCCC1C(=O)ONS)c1ccccc1.O=C(O)CCCCCC(=O)C(CS(=O)(=O)[O-])NC(=O)C1CCCC1.O=C(O)CCCCCC(=O)C(CS(=O)(=O)[O-])NC(=O)C1CCCN1CC(=O)c1ccccc1. The molecule has 2 heterocycles. The van der Waals surface area contributed by atoms with Gasteiger partial charge < -0.3 is 76.1 Å². The number of nitrogens with zero attached hydrogens (tertiary/aromatic N) is 2. The summed E-state index contributed by atoms with van der Waals surface area (Å²) in [7, 11) is -12.9. The van der Waals surface area contributed by atoms with Gasteiger partial charge in [-0.1, -0.05) is 162 Å². The van der Waals surface area contributed by atoms with Crippen molar-refractivity contribution < 1.29 is 151 Å². The summed E-state index contributed by atoms with van der Waals surface area (Å²) in [6.45, 7) is 9.72. The summed E-state index contributed by atoms with van der Waals surface area (Å²) in [4.78, 5) is 187. The number of aliphatic carboxylic acids is 5. The minimum absolute atomic E-state index is 0.00411. The number of nitrogens with one attached hydrogen (secondary N) is 4. The number of rotatable bonds is 54. The van der Waals surface area contributed by atoms with Crippen molar-refractivity contribution in [3.63, 3.8) is 0 Å². The molecule has 2 saturated heterocycles. The van der Waals surface area contributed by atoms with Crippen LogP contribution < -0.4 is 31.9 Å². The van der Waals surface area contributed by atoms with Crippen molar-refractivity contribution in [3.8, 4) is 0 Å². The van der Waals surface area contributed by atoms with Gasteiger partial charge in [0.25, 0.3) is 0 Å². The lowest BCUT2D eigenvalue weighted by atomic mass is 9.98. The third-order valence-corrected chi connectivity index (χ3v) is 21.9. The van der Waals surface area contributed by atoms with E-state index in [2.05, 4.69) is 50.8 Å². The van der Waals surface area contributed by atoms with Gasteiger partial charge in [-0.15, -0.1) is 0 Å². The quantitative estimate of drug-likeness (QED) is 0.0122. The standard InChI is InChI=1S/C22H30N2O8S.C15H25NO7S.C13H16N2O3S.C11H20O3.C9H17NO6S.C5H11NO2S.C5H11NO2.CH4O/c25-19(11-5-2-6-12-21(27)28)17(15-33(30,31)32)23-22(29)18-10-7-13-24(18)14-20(26)16-8-3-1-4-9-16;17-13(8-2-1-3-9-14(18)19)12(10-24(21,22)23)16-15(20)11-6-4-5-7-11;16-12(10-5-2-1-3-6-10)9-15-8-4-7-11(15)13(17)18-14-19;1-3-9(2)10(12)7-5-4-6-8-11(13)14;10-7(6-17(14,15)16)8(11)4-2-1-3-5-9(12)13;1-3-4(2)5(7)8-6-9;6-4-2-1-3-5(7)8;1-2/h1,3-4,8-9,17-18H,2,5-7,10-15H2,(H,23,29)(H,27,28)(H,30,31,32);11-12H,1-10H2,(H,16,20)(H,18,19)(H,21,22,23);1-3,5-6,11,14,19H,4,7-9H2;9H,3-8H2,1-2H3,(H,13,14);7H,1-6,10H2,(H,12,13)(H,14,15,16);4,6,9H,3H2,1-2H3;1-4,6H2,(H,7,8);2H,1H3/p-3. The average Bonchev–Trinajstić information content (AvgIpc) is 1.72. The number of ketones is 6. The number of unbranched alkanes of at least 4 members (excludes halogenated alkanes) is 9. The van der Waals surface area contributed by atoms with Gasteiger partial charge in [-0.05, 0) is 135 Å². The summed E-state index contributed by atoms with van der Waals surface area (Å²) in [5.41, 5.74) is 11.5. The molecule has 7 unspecified atom stereocenters. The zero-order chi connectivity index (χ0) is 96.4. The van der Waals surface area contributed by atoms with Crippen LogP contribution in [0, 0.1) is 17.8 Å². The summed E-state index contributed by atoms with van der Waals surface area (Å²) >= 11 is 7.13. The van der Waals surface area contributed by atoms with Crippen LogP contribution in [-0.4, -0.2) is 255 Å². The molecule has 2 aromatic rings. The molecule has 0 radical (unpaired) electrons. The van der Waals surface area contributed by atoms with Crippen LogP contribution in [0.15, 0.2) is 60.7 Å². The van der Waals surface area contributed by atoms with Gasteiger partial charge in [0, 0.05) is 87.9 Å². The maximum absolute atomic E-state index is 12.8. The molecule has 40 nitrogen and oxygen atoms in total. The zero-order valence-corrected chi connectivity index (χ0v) is 76.6. The number of aliphatic hydroxyl groups excluding tert-OH is 1. The van der Waals surface area contributed by atoms with E-state index in [0.717, 1.165) is 65.0 Å². The lowest BCUT2D eigenvalue weighted by Crippen LogP contribution is -2.52. The van der Waals surface area contributed by atoms with Crippen molar-refractivity contribution in [1.82, 2.24) is 30.2 Å². The number of aliphatic hydroxyl groups is 1. The molecule has 3 fully saturated rings. The van der Waals surface area contributed by atoms with E-state index in [1.54, 1.807) is 54.3 Å². The normalized spacial score (nSPS) is 15.4. The second kappa shape index (κ2) is 71.7. The molecule has 5 rings (SSSR count). The van der Waals surface area contributed by atoms with Crippen LogP contribution in [0.2, 0.25) is 0 Å². The minimum Gasteiger partial charge on any atom is -0.748 e. The Labute approximate surface area is 749 Å². The number of likely N-dealkylation sites (tertiary alicyclic amines) is 2. The van der Waals surface area contributed by atoms with Crippen molar-refractivity contribution in [1.29, 1.82) is 0 Å². The molecule has 2 amide bonds. The van der Waals surface area contributed by atoms with Crippen LogP contribution in [0.1, 0.15) is 260 Å². The first-order valence-corrected chi connectivity index (χ1v) is 47.2. The summed E-state index contributed by atoms with van der Waals surface area (Å²) in [5.74, 6) is -10.3. The Hall–Kier alpha value is -8.16. The highest BCUT2D eigenvalue weighted by Gasteiger charge is 2.36. The fourth-order valence-electron chi connectivity index (χ4n) is 12.2. The van der Waals surface area contributed by atoms with Gasteiger partial charge >= 0.3 is 41.8 Å². The van der Waals surface area contributed by atoms with Crippen LogP contribution in [0.3, 0.4) is 0 Å². The molecule has 3 aliphatic rings. The first-order chi connectivity index (χ1) is 59.3. The Bertz CT molecular complexity index is 3940. The van der Waals surface area contributed by atoms with Crippen molar-refractivity contribution in [2.24, 2.45) is 29.2 Å². The zero-order valence-electron chi connectivity index (χ0n) is 72.3. The number of nitrogens with two attached hydrogens (primary N) is 2. The molecule has 2 aromatic carbocycles. The van der Waals surface area contributed by atoms with Crippen LogP contribution in [0.4, 0.5) is 0 Å². The molecular weight excluding hydrogens is 1760 g/mol. The summed E-state index contributed by atoms with van der Waals surface area (Å²) in [6, 6.07) is 12.5. The number of carbonyl (C=O) groups excluding carboxylic acids is 10. The lowest BCUT2D eigenvalue weighted by molar-refractivity contribution is -0.152. The molecule has 2 aliphatic heterocycles. The highest BCUT2D eigenvalue weighted by atomic mass is 32.2. The third-order valence-electron chi connectivity index (χ3n) is 19.4. The number of benzene rings is 2. The van der Waals surface area contributed by atoms with Crippen molar-refractivity contribution >= 4 is 144 Å². The summed E-state index contributed by atoms with van der Waals surface area (Å²) in [5, 5.41) is 53.8. The van der Waals surface area contributed by atoms with Gasteiger partial charge in [0.15, 0.2) is 28.9 Å². The van der Waals surface area contributed by atoms with Crippen LogP contribution in [0.25, 0.3) is 0 Å². The van der Waals surface area contributed by atoms with Crippen molar-refractivity contribution in [2.75, 3.05) is 57.1 Å². The van der Waals surface area contributed by atoms with Gasteiger partial charge in [0.2, 0.25) is 11.8 Å². The molecule has 720 valence electrons.